The van der Waals surface area contributed by atoms with Crippen LogP contribution in [0.5, 0.6) is 5.75 Å². The van der Waals surface area contributed by atoms with E-state index in [0.29, 0.717) is 25.0 Å². The summed E-state index contributed by atoms with van der Waals surface area (Å²) in [6, 6.07) is 7.35. The van der Waals surface area contributed by atoms with Crippen LogP contribution in [0.3, 0.4) is 0 Å². The summed E-state index contributed by atoms with van der Waals surface area (Å²) in [4.78, 5) is 25.3. The number of nitrogens with zero attached hydrogens (tertiary/aromatic N) is 1. The summed E-state index contributed by atoms with van der Waals surface area (Å²) >= 11 is 0. The SMILES string of the molecule is CC(=O)c1ccc(OCCCC(=O)N2CCNCC2C)cc1. The molecule has 1 fully saturated rings. The largest absolute Gasteiger partial charge is 0.494 e. The highest BCUT2D eigenvalue weighted by atomic mass is 16.5. The number of rotatable bonds is 6. The highest BCUT2D eigenvalue weighted by Gasteiger charge is 2.22. The van der Waals surface area contributed by atoms with Gasteiger partial charge in [0.2, 0.25) is 5.91 Å². The fourth-order valence-electron chi connectivity index (χ4n) is 2.55. The van der Waals surface area contributed by atoms with Gasteiger partial charge in [0.25, 0.3) is 0 Å². The van der Waals surface area contributed by atoms with Crippen molar-refractivity contribution >= 4 is 11.7 Å². The van der Waals surface area contributed by atoms with E-state index in [2.05, 4.69) is 12.2 Å². The van der Waals surface area contributed by atoms with Crippen LogP contribution in [0.1, 0.15) is 37.0 Å². The van der Waals surface area contributed by atoms with Crippen LogP contribution in [0.4, 0.5) is 0 Å². The lowest BCUT2D eigenvalue weighted by atomic mass is 10.1. The smallest absolute Gasteiger partial charge is 0.223 e. The van der Waals surface area contributed by atoms with E-state index in [1.807, 2.05) is 4.90 Å². The molecule has 0 aliphatic carbocycles. The standard InChI is InChI=1S/C17H24N2O3/c1-13-12-18-9-10-19(13)17(21)4-3-11-22-16-7-5-15(6-8-16)14(2)20/h5-8,13,18H,3-4,9-12H2,1-2H3. The van der Waals surface area contributed by atoms with Gasteiger partial charge in [-0.25, -0.2) is 0 Å². The summed E-state index contributed by atoms with van der Waals surface area (Å²) in [5.41, 5.74) is 0.676. The molecule has 1 unspecified atom stereocenters. The summed E-state index contributed by atoms with van der Waals surface area (Å²) in [5, 5.41) is 3.28. The predicted octanol–water partition coefficient (Wildman–Crippen LogP) is 1.87. The van der Waals surface area contributed by atoms with E-state index >= 15 is 0 Å². The highest BCUT2D eigenvalue weighted by molar-refractivity contribution is 5.94. The first-order valence-electron chi connectivity index (χ1n) is 7.82. The van der Waals surface area contributed by atoms with Gasteiger partial charge in [0, 0.05) is 37.7 Å². The van der Waals surface area contributed by atoms with Crippen molar-refractivity contribution in [2.45, 2.75) is 32.7 Å². The van der Waals surface area contributed by atoms with Crippen LogP contribution >= 0.6 is 0 Å². The molecule has 5 heteroatoms. The average molecular weight is 304 g/mol. The van der Waals surface area contributed by atoms with E-state index in [-0.39, 0.29) is 17.7 Å². The van der Waals surface area contributed by atoms with Crippen LogP contribution in [-0.4, -0.2) is 48.9 Å². The molecule has 0 saturated carbocycles. The zero-order valence-corrected chi connectivity index (χ0v) is 13.3. The van der Waals surface area contributed by atoms with Gasteiger partial charge in [0.15, 0.2) is 5.78 Å². The zero-order chi connectivity index (χ0) is 15.9. The number of carbonyl (C=O) groups is 2. The maximum Gasteiger partial charge on any atom is 0.223 e. The van der Waals surface area contributed by atoms with E-state index in [4.69, 9.17) is 4.74 Å². The summed E-state index contributed by atoms with van der Waals surface area (Å²) in [6.45, 7) is 6.63. The number of piperazine rings is 1. The van der Waals surface area contributed by atoms with Crippen molar-refractivity contribution in [2.24, 2.45) is 0 Å². The molecule has 1 saturated heterocycles. The predicted molar refractivity (Wildman–Crippen MR) is 85.2 cm³/mol. The van der Waals surface area contributed by atoms with Gasteiger partial charge in [-0.2, -0.15) is 0 Å². The van der Waals surface area contributed by atoms with Crippen LogP contribution < -0.4 is 10.1 Å². The first-order valence-corrected chi connectivity index (χ1v) is 7.82. The molecule has 120 valence electrons. The Morgan fingerprint density at radius 3 is 2.68 bits per heavy atom. The van der Waals surface area contributed by atoms with Crippen LogP contribution in [0.15, 0.2) is 24.3 Å². The average Bonchev–Trinajstić information content (AvgIpc) is 2.52. The number of hydrogen-bond acceptors (Lipinski definition) is 4. The Balaban J connectivity index is 1.70. The van der Waals surface area contributed by atoms with E-state index in [0.717, 1.165) is 25.4 Å². The Bertz CT molecular complexity index is 513. The van der Waals surface area contributed by atoms with E-state index in [1.54, 1.807) is 31.2 Å². The number of carbonyl (C=O) groups excluding carboxylic acids is 2. The Morgan fingerprint density at radius 1 is 1.32 bits per heavy atom. The fraction of sp³-hybridized carbons (Fsp3) is 0.529. The minimum absolute atomic E-state index is 0.0438. The lowest BCUT2D eigenvalue weighted by Gasteiger charge is -2.34. The molecule has 1 amide bonds. The van der Waals surface area contributed by atoms with Gasteiger partial charge in [0.1, 0.15) is 5.75 Å². The number of Topliss-reactive ketones (excluding diaryl/α,β-unsaturated/α-hetero) is 1. The first kappa shape index (κ1) is 16.5. The second-order valence-corrected chi connectivity index (χ2v) is 5.67. The van der Waals surface area contributed by atoms with Crippen LogP contribution in [-0.2, 0) is 4.79 Å². The lowest BCUT2D eigenvalue weighted by molar-refractivity contribution is -0.134. The molecule has 1 atom stereocenters. The normalized spacial score (nSPS) is 18.1. The van der Waals surface area contributed by atoms with Gasteiger partial charge in [0.05, 0.1) is 6.61 Å². The quantitative estimate of drug-likeness (QED) is 0.644. The second-order valence-electron chi connectivity index (χ2n) is 5.67. The third kappa shape index (κ3) is 4.56. The Morgan fingerprint density at radius 2 is 2.05 bits per heavy atom. The number of nitrogens with one attached hydrogen (secondary N) is 1. The fourth-order valence-corrected chi connectivity index (χ4v) is 2.55. The maximum atomic E-state index is 12.1. The minimum Gasteiger partial charge on any atom is -0.494 e. The number of amides is 1. The van der Waals surface area contributed by atoms with Crippen molar-refractivity contribution < 1.29 is 14.3 Å². The van der Waals surface area contributed by atoms with Crippen LogP contribution in [0.25, 0.3) is 0 Å². The Hall–Kier alpha value is -1.88. The molecular weight excluding hydrogens is 280 g/mol. The maximum absolute atomic E-state index is 12.1. The van der Waals surface area contributed by atoms with E-state index in [1.165, 1.54) is 0 Å². The molecule has 2 rings (SSSR count). The van der Waals surface area contributed by atoms with Crippen molar-refractivity contribution in [3.8, 4) is 5.75 Å². The molecular formula is C17H24N2O3. The number of hydrogen-bond donors (Lipinski definition) is 1. The van der Waals surface area contributed by atoms with Crippen LogP contribution in [0.2, 0.25) is 0 Å². The molecule has 0 spiro atoms. The minimum atomic E-state index is 0.0438. The van der Waals surface area contributed by atoms with Gasteiger partial charge in [-0.1, -0.05) is 0 Å². The molecule has 0 radical (unpaired) electrons. The summed E-state index contributed by atoms with van der Waals surface area (Å²) in [5.74, 6) is 0.972. The third-order valence-electron chi connectivity index (χ3n) is 3.89. The molecule has 1 N–H and O–H groups in total. The summed E-state index contributed by atoms with van der Waals surface area (Å²) < 4.78 is 5.61. The topological polar surface area (TPSA) is 58.6 Å². The third-order valence-corrected chi connectivity index (χ3v) is 3.89. The van der Waals surface area contributed by atoms with E-state index in [9.17, 15) is 9.59 Å². The van der Waals surface area contributed by atoms with Crippen molar-refractivity contribution in [2.75, 3.05) is 26.2 Å². The van der Waals surface area contributed by atoms with Crippen molar-refractivity contribution in [3.63, 3.8) is 0 Å². The summed E-state index contributed by atoms with van der Waals surface area (Å²) in [6.07, 6.45) is 1.21. The van der Waals surface area contributed by atoms with Crippen LogP contribution in [0, 0.1) is 0 Å². The molecule has 1 aromatic carbocycles. The number of benzene rings is 1. The summed E-state index contributed by atoms with van der Waals surface area (Å²) in [7, 11) is 0. The lowest BCUT2D eigenvalue weighted by Crippen LogP contribution is -2.52. The van der Waals surface area contributed by atoms with Crippen molar-refractivity contribution in [1.29, 1.82) is 0 Å². The second kappa shape index (κ2) is 7.94. The van der Waals surface area contributed by atoms with Gasteiger partial charge in [-0.3, -0.25) is 9.59 Å². The van der Waals surface area contributed by atoms with Gasteiger partial charge in [-0.05, 0) is 44.5 Å². The van der Waals surface area contributed by atoms with Crippen molar-refractivity contribution in [1.82, 2.24) is 10.2 Å². The number of ketones is 1. The Kier molecular flexibility index (Phi) is 5.95. The molecule has 1 aliphatic heterocycles. The number of ether oxygens (including phenoxy) is 1. The highest BCUT2D eigenvalue weighted by Crippen LogP contribution is 2.13. The molecule has 22 heavy (non-hydrogen) atoms. The molecule has 5 nitrogen and oxygen atoms in total. The molecule has 1 aromatic rings. The van der Waals surface area contributed by atoms with E-state index < -0.39 is 0 Å². The molecule has 1 heterocycles. The van der Waals surface area contributed by atoms with Crippen molar-refractivity contribution in [3.05, 3.63) is 29.8 Å². The molecule has 0 bridgehead atoms. The molecule has 1 aliphatic rings. The van der Waals surface area contributed by atoms with Gasteiger partial charge < -0.3 is 15.0 Å². The zero-order valence-electron chi connectivity index (χ0n) is 13.3. The first-order chi connectivity index (χ1) is 10.6. The van der Waals surface area contributed by atoms with Gasteiger partial charge in [-0.15, -0.1) is 0 Å². The monoisotopic (exact) mass is 304 g/mol. The molecule has 0 aromatic heterocycles. The van der Waals surface area contributed by atoms with Gasteiger partial charge >= 0.3 is 0 Å². The Labute approximate surface area is 131 Å².